The zero-order chi connectivity index (χ0) is 14.6. The summed E-state index contributed by atoms with van der Waals surface area (Å²) < 4.78 is 11.1. The minimum Gasteiger partial charge on any atom is -0.380 e. The first kappa shape index (κ1) is 17.9. The average Bonchev–Trinajstić information content (AvgIpc) is 2.71. The molecule has 0 aromatic heterocycles. The highest BCUT2D eigenvalue weighted by molar-refractivity contribution is 4.86. The largest absolute Gasteiger partial charge is 0.380 e. The van der Waals surface area contributed by atoms with Gasteiger partial charge in [-0.1, -0.05) is 19.3 Å². The van der Waals surface area contributed by atoms with E-state index in [9.17, 15) is 0 Å². The van der Waals surface area contributed by atoms with Gasteiger partial charge in [0.15, 0.2) is 0 Å². The Morgan fingerprint density at radius 2 is 1.55 bits per heavy atom. The molecule has 1 aliphatic rings. The number of rotatable bonds is 10. The van der Waals surface area contributed by atoms with Gasteiger partial charge in [0, 0.05) is 38.4 Å². The normalized spacial score (nSPS) is 24.0. The van der Waals surface area contributed by atoms with Gasteiger partial charge in [-0.15, -0.1) is 0 Å². The van der Waals surface area contributed by atoms with Gasteiger partial charge in [0.05, 0.1) is 13.2 Å². The van der Waals surface area contributed by atoms with Crippen molar-refractivity contribution in [2.75, 3.05) is 46.6 Å². The van der Waals surface area contributed by atoms with Gasteiger partial charge in [-0.2, -0.15) is 0 Å². The number of hydrogen-bond acceptors (Lipinski definition) is 4. The van der Waals surface area contributed by atoms with E-state index in [0.717, 1.165) is 39.5 Å². The quantitative estimate of drug-likeness (QED) is 0.493. The van der Waals surface area contributed by atoms with E-state index < -0.39 is 0 Å². The molecule has 0 saturated heterocycles. The van der Waals surface area contributed by atoms with Gasteiger partial charge in [0.1, 0.15) is 0 Å². The first-order valence-corrected chi connectivity index (χ1v) is 8.40. The molecule has 4 nitrogen and oxygen atoms in total. The van der Waals surface area contributed by atoms with Crippen LogP contribution < -0.4 is 5.32 Å². The maximum Gasteiger partial charge on any atom is 0.0593 e. The molecule has 0 spiro atoms. The lowest BCUT2D eigenvalue weighted by Gasteiger charge is -2.36. The van der Waals surface area contributed by atoms with Gasteiger partial charge < -0.3 is 14.8 Å². The Bertz CT molecular complexity index is 217. The molecule has 1 rings (SSSR count). The van der Waals surface area contributed by atoms with Crippen LogP contribution in [0.15, 0.2) is 0 Å². The molecule has 0 aromatic carbocycles. The summed E-state index contributed by atoms with van der Waals surface area (Å²) in [7, 11) is 2.10. The third-order valence-electron chi connectivity index (χ3n) is 4.27. The van der Waals surface area contributed by atoms with E-state index in [2.05, 4.69) is 31.1 Å². The molecule has 2 unspecified atom stereocenters. The van der Waals surface area contributed by atoms with Crippen LogP contribution in [0.2, 0.25) is 0 Å². The molecule has 1 aliphatic carbocycles. The van der Waals surface area contributed by atoms with Crippen molar-refractivity contribution < 1.29 is 9.47 Å². The second-order valence-corrected chi connectivity index (χ2v) is 5.53. The molecule has 0 bridgehead atoms. The molecule has 0 aliphatic heterocycles. The number of likely N-dealkylation sites (N-methyl/N-ethyl adjacent to an activating group) is 1. The van der Waals surface area contributed by atoms with Gasteiger partial charge in [-0.05, 0) is 33.7 Å². The van der Waals surface area contributed by atoms with Crippen LogP contribution in [0.5, 0.6) is 0 Å². The number of nitrogens with zero attached hydrogens (tertiary/aromatic N) is 1. The molecule has 1 N–H and O–H groups in total. The standard InChI is InChI=1S/C16H34N2O2/c1-4-19-13-11-18(12-14-20-5-2)16-10-8-6-7-9-15(16)17-3/h15-17H,4-14H2,1-3H3. The van der Waals surface area contributed by atoms with Crippen molar-refractivity contribution in [3.05, 3.63) is 0 Å². The summed E-state index contributed by atoms with van der Waals surface area (Å²) in [4.78, 5) is 2.58. The van der Waals surface area contributed by atoms with Gasteiger partial charge in [-0.25, -0.2) is 0 Å². The smallest absolute Gasteiger partial charge is 0.0593 e. The van der Waals surface area contributed by atoms with Crippen LogP contribution in [0.1, 0.15) is 46.0 Å². The maximum absolute atomic E-state index is 5.56. The van der Waals surface area contributed by atoms with Crippen molar-refractivity contribution >= 4 is 0 Å². The summed E-state index contributed by atoms with van der Waals surface area (Å²) in [5, 5.41) is 3.53. The van der Waals surface area contributed by atoms with E-state index in [1.165, 1.54) is 32.1 Å². The maximum atomic E-state index is 5.56. The fourth-order valence-electron chi connectivity index (χ4n) is 3.16. The highest BCUT2D eigenvalue weighted by Crippen LogP contribution is 2.22. The summed E-state index contributed by atoms with van der Waals surface area (Å²) in [6.07, 6.45) is 6.67. The Balaban J connectivity index is 2.55. The first-order chi connectivity index (χ1) is 9.83. The highest BCUT2D eigenvalue weighted by Gasteiger charge is 2.27. The molecule has 120 valence electrons. The molecule has 0 radical (unpaired) electrons. The van der Waals surface area contributed by atoms with Gasteiger partial charge >= 0.3 is 0 Å². The molecule has 1 saturated carbocycles. The van der Waals surface area contributed by atoms with Crippen LogP contribution in [-0.4, -0.2) is 63.5 Å². The van der Waals surface area contributed by atoms with Crippen LogP contribution in [0, 0.1) is 0 Å². The van der Waals surface area contributed by atoms with Crippen molar-refractivity contribution in [1.29, 1.82) is 0 Å². The van der Waals surface area contributed by atoms with Crippen LogP contribution in [-0.2, 0) is 9.47 Å². The first-order valence-electron chi connectivity index (χ1n) is 8.40. The molecule has 1 fully saturated rings. The SMILES string of the molecule is CCOCCN(CCOCC)C1CCCCCC1NC. The lowest BCUT2D eigenvalue weighted by molar-refractivity contribution is 0.0512. The summed E-state index contributed by atoms with van der Waals surface area (Å²) in [5.74, 6) is 0. The molecule has 20 heavy (non-hydrogen) atoms. The molecule has 0 amide bonds. The van der Waals surface area contributed by atoms with Crippen molar-refractivity contribution in [3.8, 4) is 0 Å². The van der Waals surface area contributed by atoms with E-state index in [0.29, 0.717) is 12.1 Å². The van der Waals surface area contributed by atoms with Gasteiger partial charge in [0.2, 0.25) is 0 Å². The Labute approximate surface area is 125 Å². The van der Waals surface area contributed by atoms with Gasteiger partial charge in [-0.3, -0.25) is 4.90 Å². The molecule has 4 heteroatoms. The number of hydrogen-bond donors (Lipinski definition) is 1. The molecule has 2 atom stereocenters. The summed E-state index contributed by atoms with van der Waals surface area (Å²) in [5.41, 5.74) is 0. The van der Waals surface area contributed by atoms with E-state index in [-0.39, 0.29) is 0 Å². The molecular weight excluding hydrogens is 252 g/mol. The van der Waals surface area contributed by atoms with Crippen LogP contribution in [0.3, 0.4) is 0 Å². The third kappa shape index (κ3) is 6.53. The zero-order valence-corrected chi connectivity index (χ0v) is 13.7. The monoisotopic (exact) mass is 286 g/mol. The predicted molar refractivity (Wildman–Crippen MR) is 84.3 cm³/mol. The Kier molecular flexibility index (Phi) is 10.3. The van der Waals surface area contributed by atoms with E-state index in [1.807, 2.05) is 0 Å². The van der Waals surface area contributed by atoms with Crippen molar-refractivity contribution in [1.82, 2.24) is 10.2 Å². The predicted octanol–water partition coefficient (Wildman–Crippen LogP) is 2.28. The van der Waals surface area contributed by atoms with E-state index in [1.54, 1.807) is 0 Å². The van der Waals surface area contributed by atoms with Crippen LogP contribution >= 0.6 is 0 Å². The fourth-order valence-corrected chi connectivity index (χ4v) is 3.16. The topological polar surface area (TPSA) is 33.7 Å². The lowest BCUT2D eigenvalue weighted by Crippen LogP contribution is -2.50. The summed E-state index contributed by atoms with van der Waals surface area (Å²) in [6.45, 7) is 9.43. The summed E-state index contributed by atoms with van der Waals surface area (Å²) >= 11 is 0. The van der Waals surface area contributed by atoms with Gasteiger partial charge in [0.25, 0.3) is 0 Å². The minimum atomic E-state index is 0.612. The summed E-state index contributed by atoms with van der Waals surface area (Å²) in [6, 6.07) is 1.24. The number of ether oxygens (including phenoxy) is 2. The third-order valence-corrected chi connectivity index (χ3v) is 4.27. The van der Waals surface area contributed by atoms with E-state index >= 15 is 0 Å². The second-order valence-electron chi connectivity index (χ2n) is 5.53. The molecule has 0 heterocycles. The minimum absolute atomic E-state index is 0.612. The van der Waals surface area contributed by atoms with E-state index in [4.69, 9.17) is 9.47 Å². The molecule has 0 aromatic rings. The van der Waals surface area contributed by atoms with Crippen LogP contribution in [0.25, 0.3) is 0 Å². The second kappa shape index (κ2) is 11.5. The fraction of sp³-hybridized carbons (Fsp3) is 1.00. The van der Waals surface area contributed by atoms with Crippen molar-refractivity contribution in [2.24, 2.45) is 0 Å². The molecular formula is C16H34N2O2. The zero-order valence-electron chi connectivity index (χ0n) is 13.7. The number of nitrogens with one attached hydrogen (secondary N) is 1. The Hall–Kier alpha value is -0.160. The highest BCUT2D eigenvalue weighted by atomic mass is 16.5. The lowest BCUT2D eigenvalue weighted by atomic mass is 10.0. The average molecular weight is 286 g/mol. The van der Waals surface area contributed by atoms with Crippen LogP contribution in [0.4, 0.5) is 0 Å². The Morgan fingerprint density at radius 1 is 0.950 bits per heavy atom. The van der Waals surface area contributed by atoms with Crippen molar-refractivity contribution in [2.45, 2.75) is 58.0 Å². The Morgan fingerprint density at radius 3 is 2.10 bits per heavy atom. The van der Waals surface area contributed by atoms with Crippen molar-refractivity contribution in [3.63, 3.8) is 0 Å².